The Morgan fingerprint density at radius 1 is 1.35 bits per heavy atom. The summed E-state index contributed by atoms with van der Waals surface area (Å²) < 4.78 is 5.79. The van der Waals surface area contributed by atoms with Gasteiger partial charge in [-0.05, 0) is 36.1 Å². The Bertz CT molecular complexity index is 390. The smallest absolute Gasteiger partial charge is 0.138 e. The number of rotatable bonds is 3. The maximum Gasteiger partial charge on any atom is 0.138 e. The molecule has 1 heterocycles. The van der Waals surface area contributed by atoms with Gasteiger partial charge in [0.25, 0.3) is 0 Å². The molecule has 0 aromatic heterocycles. The molecule has 3 heteroatoms. The van der Waals surface area contributed by atoms with Crippen LogP contribution in [-0.2, 0) is 0 Å². The summed E-state index contributed by atoms with van der Waals surface area (Å²) in [4.78, 5) is 0. The number of hydrogen-bond acceptors (Lipinski definition) is 3. The van der Waals surface area contributed by atoms with Gasteiger partial charge in [-0.25, -0.2) is 0 Å². The molecule has 0 aliphatic carbocycles. The molecule has 2 rings (SSSR count). The lowest BCUT2D eigenvalue weighted by atomic mass is 9.98. The lowest BCUT2D eigenvalue weighted by Crippen LogP contribution is -2.29. The molecular weight excluding hydrogens is 214 g/mol. The average molecular weight is 235 g/mol. The van der Waals surface area contributed by atoms with Crippen LogP contribution in [0.15, 0.2) is 18.2 Å². The molecule has 1 fully saturated rings. The van der Waals surface area contributed by atoms with E-state index >= 15 is 0 Å². The summed E-state index contributed by atoms with van der Waals surface area (Å²) in [5, 5.41) is 12.8. The first-order valence-corrected chi connectivity index (χ1v) is 6.24. The average Bonchev–Trinajstić information content (AvgIpc) is 2.64. The van der Waals surface area contributed by atoms with Crippen molar-refractivity contribution in [2.75, 3.05) is 13.1 Å². The van der Waals surface area contributed by atoms with Gasteiger partial charge in [-0.15, -0.1) is 0 Å². The number of aliphatic hydroxyl groups excluding tert-OH is 1. The van der Waals surface area contributed by atoms with Crippen LogP contribution in [0.1, 0.15) is 30.9 Å². The first kappa shape index (κ1) is 12.4. The summed E-state index contributed by atoms with van der Waals surface area (Å²) in [6, 6.07) is 6.16. The fourth-order valence-corrected chi connectivity index (χ4v) is 2.31. The van der Waals surface area contributed by atoms with E-state index in [1.807, 2.05) is 6.07 Å². The van der Waals surface area contributed by atoms with Gasteiger partial charge in [0, 0.05) is 13.1 Å². The van der Waals surface area contributed by atoms with E-state index in [4.69, 9.17) is 4.74 Å². The molecule has 1 saturated heterocycles. The number of nitrogens with one attached hydrogen (secondary N) is 1. The highest BCUT2D eigenvalue weighted by atomic mass is 16.5. The fourth-order valence-electron chi connectivity index (χ4n) is 2.31. The molecule has 1 aliphatic rings. The molecule has 1 aromatic rings. The molecule has 0 radical (unpaired) electrons. The van der Waals surface area contributed by atoms with Crippen LogP contribution in [0.2, 0.25) is 0 Å². The third-order valence-electron chi connectivity index (χ3n) is 3.28. The Morgan fingerprint density at radius 2 is 2.12 bits per heavy atom. The Balaban J connectivity index is 2.09. The monoisotopic (exact) mass is 235 g/mol. The summed E-state index contributed by atoms with van der Waals surface area (Å²) in [5.41, 5.74) is 2.60. The number of aryl methyl sites for hydroxylation is 1. The van der Waals surface area contributed by atoms with E-state index in [0.717, 1.165) is 5.75 Å². The van der Waals surface area contributed by atoms with Crippen molar-refractivity contribution in [1.82, 2.24) is 5.32 Å². The second-order valence-corrected chi connectivity index (χ2v) is 5.05. The standard InChI is InChI=1S/C14H21NO2/c1-9(2)12-5-4-11(6-10(12)3)17-14-8-15-7-13(14)16/h4-6,9,13-16H,7-8H2,1-3H3. The summed E-state index contributed by atoms with van der Waals surface area (Å²) in [6.45, 7) is 7.81. The summed E-state index contributed by atoms with van der Waals surface area (Å²) in [7, 11) is 0. The first-order chi connectivity index (χ1) is 8.08. The van der Waals surface area contributed by atoms with Gasteiger partial charge >= 0.3 is 0 Å². The molecule has 0 saturated carbocycles. The lowest BCUT2D eigenvalue weighted by Gasteiger charge is -2.18. The predicted octanol–water partition coefficient (Wildman–Crippen LogP) is 1.83. The first-order valence-electron chi connectivity index (χ1n) is 6.24. The van der Waals surface area contributed by atoms with Crippen LogP contribution in [0, 0.1) is 6.92 Å². The van der Waals surface area contributed by atoms with E-state index in [9.17, 15) is 5.11 Å². The van der Waals surface area contributed by atoms with Crippen LogP contribution in [-0.4, -0.2) is 30.4 Å². The van der Waals surface area contributed by atoms with Crippen molar-refractivity contribution in [3.63, 3.8) is 0 Å². The molecular formula is C14H21NO2. The number of hydrogen-bond donors (Lipinski definition) is 2. The van der Waals surface area contributed by atoms with Crippen molar-refractivity contribution >= 4 is 0 Å². The molecule has 17 heavy (non-hydrogen) atoms. The second-order valence-electron chi connectivity index (χ2n) is 5.05. The highest BCUT2D eigenvalue weighted by Gasteiger charge is 2.26. The zero-order valence-corrected chi connectivity index (χ0v) is 10.7. The van der Waals surface area contributed by atoms with Gasteiger partial charge in [0.1, 0.15) is 18.0 Å². The molecule has 0 spiro atoms. The highest BCUT2D eigenvalue weighted by Crippen LogP contribution is 2.24. The van der Waals surface area contributed by atoms with Crippen molar-refractivity contribution in [3.05, 3.63) is 29.3 Å². The molecule has 3 nitrogen and oxygen atoms in total. The molecule has 0 amide bonds. The zero-order chi connectivity index (χ0) is 12.4. The minimum atomic E-state index is -0.403. The SMILES string of the molecule is Cc1cc(OC2CNCC2O)ccc1C(C)C. The van der Waals surface area contributed by atoms with Crippen LogP contribution >= 0.6 is 0 Å². The third-order valence-corrected chi connectivity index (χ3v) is 3.28. The Kier molecular flexibility index (Phi) is 3.69. The van der Waals surface area contributed by atoms with Gasteiger partial charge in [-0.1, -0.05) is 19.9 Å². The van der Waals surface area contributed by atoms with E-state index in [0.29, 0.717) is 19.0 Å². The maximum atomic E-state index is 9.67. The molecule has 1 aliphatic heterocycles. The normalized spacial score (nSPS) is 24.3. The highest BCUT2D eigenvalue weighted by molar-refractivity contribution is 5.36. The number of ether oxygens (including phenoxy) is 1. The minimum Gasteiger partial charge on any atom is -0.486 e. The largest absolute Gasteiger partial charge is 0.486 e. The predicted molar refractivity (Wildman–Crippen MR) is 68.6 cm³/mol. The van der Waals surface area contributed by atoms with E-state index in [-0.39, 0.29) is 6.10 Å². The van der Waals surface area contributed by atoms with E-state index in [1.165, 1.54) is 11.1 Å². The topological polar surface area (TPSA) is 41.5 Å². The second kappa shape index (κ2) is 5.07. The van der Waals surface area contributed by atoms with Crippen LogP contribution in [0.5, 0.6) is 5.75 Å². The van der Waals surface area contributed by atoms with Crippen LogP contribution in [0.3, 0.4) is 0 Å². The molecule has 2 unspecified atom stereocenters. The Labute approximate surface area is 103 Å². The number of aliphatic hydroxyl groups is 1. The quantitative estimate of drug-likeness (QED) is 0.840. The van der Waals surface area contributed by atoms with Gasteiger partial charge in [0.05, 0.1) is 0 Å². The van der Waals surface area contributed by atoms with Gasteiger partial charge in [0.15, 0.2) is 0 Å². The van der Waals surface area contributed by atoms with Crippen molar-refractivity contribution in [3.8, 4) is 5.75 Å². The summed E-state index contributed by atoms with van der Waals surface area (Å²) in [6.07, 6.45) is -0.528. The Hall–Kier alpha value is -1.06. The van der Waals surface area contributed by atoms with Crippen molar-refractivity contribution in [1.29, 1.82) is 0 Å². The molecule has 2 atom stereocenters. The van der Waals surface area contributed by atoms with E-state index < -0.39 is 6.10 Å². The molecule has 0 bridgehead atoms. The zero-order valence-electron chi connectivity index (χ0n) is 10.7. The maximum absolute atomic E-state index is 9.67. The van der Waals surface area contributed by atoms with E-state index in [2.05, 4.69) is 38.2 Å². The van der Waals surface area contributed by atoms with Gasteiger partial charge in [0.2, 0.25) is 0 Å². The van der Waals surface area contributed by atoms with Crippen LogP contribution < -0.4 is 10.1 Å². The van der Waals surface area contributed by atoms with Gasteiger partial charge < -0.3 is 15.2 Å². The minimum absolute atomic E-state index is 0.126. The number of benzene rings is 1. The molecule has 1 aromatic carbocycles. The summed E-state index contributed by atoms with van der Waals surface area (Å²) >= 11 is 0. The Morgan fingerprint density at radius 3 is 2.65 bits per heavy atom. The van der Waals surface area contributed by atoms with Crippen LogP contribution in [0.4, 0.5) is 0 Å². The fraction of sp³-hybridized carbons (Fsp3) is 0.571. The van der Waals surface area contributed by atoms with Crippen LogP contribution in [0.25, 0.3) is 0 Å². The lowest BCUT2D eigenvalue weighted by molar-refractivity contribution is 0.0737. The van der Waals surface area contributed by atoms with Gasteiger partial charge in [-0.3, -0.25) is 0 Å². The molecule has 2 N–H and O–H groups in total. The van der Waals surface area contributed by atoms with Crippen molar-refractivity contribution in [2.45, 2.75) is 38.9 Å². The third kappa shape index (κ3) is 2.79. The van der Waals surface area contributed by atoms with Crippen molar-refractivity contribution in [2.24, 2.45) is 0 Å². The van der Waals surface area contributed by atoms with Crippen molar-refractivity contribution < 1.29 is 9.84 Å². The van der Waals surface area contributed by atoms with E-state index in [1.54, 1.807) is 0 Å². The number of β-amino-alcohol motifs (C(OH)–C–C–N with tert-alkyl or cyclic N) is 1. The van der Waals surface area contributed by atoms with Gasteiger partial charge in [-0.2, -0.15) is 0 Å². The summed E-state index contributed by atoms with van der Waals surface area (Å²) in [5.74, 6) is 1.38. The molecule has 94 valence electrons.